The lowest BCUT2D eigenvalue weighted by Crippen LogP contribution is -2.48. The van der Waals surface area contributed by atoms with Gasteiger partial charge in [-0.05, 0) is 73.4 Å². The van der Waals surface area contributed by atoms with E-state index in [0.717, 1.165) is 32.4 Å². The van der Waals surface area contributed by atoms with Crippen molar-refractivity contribution >= 4 is 11.1 Å². The van der Waals surface area contributed by atoms with Crippen molar-refractivity contribution in [3.63, 3.8) is 0 Å². The van der Waals surface area contributed by atoms with Gasteiger partial charge in [-0.1, -0.05) is 79.7 Å². The molecule has 0 bridgehead atoms. The molecule has 0 aliphatic carbocycles. The Morgan fingerprint density at radius 3 is 2.28 bits per heavy atom. The molecule has 0 spiro atoms. The minimum absolute atomic E-state index is 0.201. The van der Waals surface area contributed by atoms with Crippen molar-refractivity contribution in [1.29, 1.82) is 0 Å². The smallest absolute Gasteiger partial charge is 0.0434 e. The van der Waals surface area contributed by atoms with Gasteiger partial charge in [0.05, 0.1) is 0 Å². The summed E-state index contributed by atoms with van der Waals surface area (Å²) < 4.78 is 0. The first-order valence-electron chi connectivity index (χ1n) is 12.2. The Morgan fingerprint density at radius 2 is 1.72 bits per heavy atom. The molecular formula is C30H39NO. The molecule has 1 N–H and O–H groups in total. The van der Waals surface area contributed by atoms with Crippen molar-refractivity contribution in [2.45, 2.75) is 58.9 Å². The lowest BCUT2D eigenvalue weighted by Gasteiger charge is -2.42. The highest BCUT2D eigenvalue weighted by Crippen LogP contribution is 2.37. The van der Waals surface area contributed by atoms with Crippen LogP contribution in [0.5, 0.6) is 0 Å². The number of hydrogen-bond acceptors (Lipinski definition) is 2. The number of benzene rings is 2. The van der Waals surface area contributed by atoms with E-state index in [1.54, 1.807) is 0 Å². The molecule has 1 aliphatic rings. The highest BCUT2D eigenvalue weighted by molar-refractivity contribution is 5.99. The molecule has 0 atom stereocenters. The summed E-state index contributed by atoms with van der Waals surface area (Å²) >= 11 is 0. The van der Waals surface area contributed by atoms with E-state index in [4.69, 9.17) is 0 Å². The summed E-state index contributed by atoms with van der Waals surface area (Å²) in [6.07, 6.45) is 9.30. The van der Waals surface area contributed by atoms with E-state index in [-0.39, 0.29) is 6.61 Å². The molecule has 1 saturated heterocycles. The first kappa shape index (κ1) is 24.2. The zero-order valence-corrected chi connectivity index (χ0v) is 20.2. The zero-order valence-electron chi connectivity index (χ0n) is 20.2. The molecule has 0 saturated carbocycles. The van der Waals surface area contributed by atoms with Gasteiger partial charge in [-0.25, -0.2) is 0 Å². The summed E-state index contributed by atoms with van der Waals surface area (Å²) in [6.45, 7) is 11.4. The van der Waals surface area contributed by atoms with Crippen molar-refractivity contribution in [2.75, 3.05) is 19.7 Å². The van der Waals surface area contributed by atoms with Crippen LogP contribution in [0.15, 0.2) is 78.4 Å². The van der Waals surface area contributed by atoms with Gasteiger partial charge in [0.25, 0.3) is 0 Å². The monoisotopic (exact) mass is 429 g/mol. The molecule has 1 heterocycles. The number of likely N-dealkylation sites (tertiary alicyclic amines) is 1. The molecule has 2 aromatic rings. The Labute approximate surface area is 195 Å². The number of allylic oxidation sites excluding steroid dienone is 6. The van der Waals surface area contributed by atoms with E-state index in [2.05, 4.69) is 105 Å². The van der Waals surface area contributed by atoms with Gasteiger partial charge in [0.15, 0.2) is 0 Å². The Kier molecular flexibility index (Phi) is 9.08. The first-order chi connectivity index (χ1) is 15.6. The van der Waals surface area contributed by atoms with Crippen molar-refractivity contribution < 1.29 is 5.11 Å². The van der Waals surface area contributed by atoms with Gasteiger partial charge in [-0.3, -0.25) is 4.90 Å². The molecule has 3 rings (SSSR count). The van der Waals surface area contributed by atoms with Gasteiger partial charge < -0.3 is 5.11 Å². The van der Waals surface area contributed by atoms with E-state index in [1.807, 2.05) is 0 Å². The Balaban J connectivity index is 2.04. The minimum Gasteiger partial charge on any atom is -0.396 e. The third-order valence-corrected chi connectivity index (χ3v) is 6.45. The molecule has 0 radical (unpaired) electrons. The summed E-state index contributed by atoms with van der Waals surface area (Å²) in [5, 5.41) is 9.59. The fourth-order valence-corrected chi connectivity index (χ4v) is 4.46. The van der Waals surface area contributed by atoms with Gasteiger partial charge in [0.1, 0.15) is 0 Å². The van der Waals surface area contributed by atoms with Crippen LogP contribution in [0.3, 0.4) is 0 Å². The summed E-state index contributed by atoms with van der Waals surface area (Å²) in [6, 6.07) is 20.5. The Morgan fingerprint density at radius 1 is 1.03 bits per heavy atom. The molecule has 32 heavy (non-hydrogen) atoms. The van der Waals surface area contributed by atoms with E-state index < -0.39 is 0 Å². The average Bonchev–Trinajstić information content (AvgIpc) is 2.78. The predicted molar refractivity (Wildman–Crippen MR) is 139 cm³/mol. The van der Waals surface area contributed by atoms with Crippen molar-refractivity contribution in [1.82, 2.24) is 4.90 Å². The molecule has 1 aliphatic heterocycles. The fraction of sp³-hybridized carbons (Fsp3) is 0.400. The van der Waals surface area contributed by atoms with E-state index in [0.29, 0.717) is 12.0 Å². The Hall–Kier alpha value is -2.42. The number of aliphatic hydroxyl groups is 1. The molecule has 2 nitrogen and oxygen atoms in total. The second-order valence-electron chi connectivity index (χ2n) is 8.97. The Bertz CT molecular complexity index is 929. The van der Waals surface area contributed by atoms with Crippen molar-refractivity contribution in [2.24, 2.45) is 0 Å². The topological polar surface area (TPSA) is 23.5 Å². The first-order valence-corrected chi connectivity index (χ1v) is 12.2. The van der Waals surface area contributed by atoms with E-state index in [1.165, 1.54) is 33.4 Å². The predicted octanol–water partition coefficient (Wildman–Crippen LogP) is 7.09. The molecule has 0 unspecified atom stereocenters. The van der Waals surface area contributed by atoms with Crippen molar-refractivity contribution in [3.8, 4) is 0 Å². The van der Waals surface area contributed by atoms with Crippen LogP contribution in [-0.4, -0.2) is 35.7 Å². The lowest BCUT2D eigenvalue weighted by atomic mass is 9.84. The van der Waals surface area contributed by atoms with Gasteiger partial charge in [-0.2, -0.15) is 0 Å². The largest absolute Gasteiger partial charge is 0.396 e. The summed E-state index contributed by atoms with van der Waals surface area (Å²) in [4.78, 5) is 2.53. The summed E-state index contributed by atoms with van der Waals surface area (Å²) in [5.74, 6) is 0.642. The maximum Gasteiger partial charge on any atom is 0.0434 e. The SMILES string of the molecule is C/C=C(\C=C/CC)C(=C(\CCCO)c1ccccc1)/c1ccc(C2CN(C(C)C)C2)cc1. The number of aliphatic hydroxyl groups excluding tert-OH is 1. The molecule has 1 fully saturated rings. The van der Waals surface area contributed by atoms with Crippen LogP contribution in [0.4, 0.5) is 0 Å². The van der Waals surface area contributed by atoms with Gasteiger partial charge in [0.2, 0.25) is 0 Å². The fourth-order valence-electron chi connectivity index (χ4n) is 4.46. The molecular weight excluding hydrogens is 390 g/mol. The number of nitrogens with zero attached hydrogens (tertiary/aromatic N) is 1. The van der Waals surface area contributed by atoms with Crippen LogP contribution in [0.25, 0.3) is 11.1 Å². The van der Waals surface area contributed by atoms with Gasteiger partial charge >= 0.3 is 0 Å². The third kappa shape index (κ3) is 5.88. The highest BCUT2D eigenvalue weighted by Gasteiger charge is 2.29. The molecule has 0 aromatic heterocycles. The van der Waals surface area contributed by atoms with Crippen LogP contribution in [0.2, 0.25) is 0 Å². The third-order valence-electron chi connectivity index (χ3n) is 6.45. The highest BCUT2D eigenvalue weighted by atomic mass is 16.2. The molecule has 170 valence electrons. The van der Waals surface area contributed by atoms with Crippen LogP contribution in [0, 0.1) is 0 Å². The van der Waals surface area contributed by atoms with Gasteiger partial charge in [0, 0.05) is 31.7 Å². The second-order valence-corrected chi connectivity index (χ2v) is 8.97. The van der Waals surface area contributed by atoms with Crippen LogP contribution >= 0.6 is 0 Å². The maximum atomic E-state index is 9.59. The van der Waals surface area contributed by atoms with Crippen LogP contribution in [0.1, 0.15) is 69.6 Å². The quantitative estimate of drug-likeness (QED) is 0.322. The molecule has 0 amide bonds. The zero-order chi connectivity index (χ0) is 22.9. The number of hydrogen-bond donors (Lipinski definition) is 1. The van der Waals surface area contributed by atoms with E-state index in [9.17, 15) is 5.11 Å². The number of rotatable bonds is 10. The summed E-state index contributed by atoms with van der Waals surface area (Å²) in [7, 11) is 0. The standard InChI is InChI=1S/C30H39NO/c1-5-7-12-24(6-2)30(29(15-11-20-32)26-13-9-8-10-14-26)27-18-16-25(17-19-27)28-21-31(22-28)23(3)4/h6-10,12-14,16-19,23,28,32H,5,11,15,20-22H2,1-4H3/b12-7-,24-6+,30-29-. The lowest BCUT2D eigenvalue weighted by molar-refractivity contribution is 0.110. The average molecular weight is 430 g/mol. The van der Waals surface area contributed by atoms with Crippen LogP contribution in [-0.2, 0) is 0 Å². The summed E-state index contributed by atoms with van der Waals surface area (Å²) in [5.41, 5.74) is 7.74. The van der Waals surface area contributed by atoms with Crippen molar-refractivity contribution in [3.05, 3.63) is 95.1 Å². The normalized spacial score (nSPS) is 16.5. The molecule has 2 aromatic carbocycles. The van der Waals surface area contributed by atoms with E-state index >= 15 is 0 Å². The molecule has 2 heteroatoms. The second kappa shape index (κ2) is 12.0. The minimum atomic E-state index is 0.201. The van der Waals surface area contributed by atoms with Gasteiger partial charge in [-0.15, -0.1) is 0 Å². The maximum absolute atomic E-state index is 9.59. The van der Waals surface area contributed by atoms with Crippen LogP contribution < -0.4 is 0 Å².